The van der Waals surface area contributed by atoms with E-state index in [-0.39, 0.29) is 18.5 Å². The molecule has 1 aliphatic heterocycles. The molecule has 7 heteroatoms. The number of piperidine rings is 1. The van der Waals surface area contributed by atoms with Gasteiger partial charge in [-0.25, -0.2) is 0 Å². The largest absolute Gasteiger partial charge is 0.480 e. The summed E-state index contributed by atoms with van der Waals surface area (Å²) < 4.78 is 10.7. The van der Waals surface area contributed by atoms with Crippen LogP contribution in [0.1, 0.15) is 19.3 Å². The van der Waals surface area contributed by atoms with Gasteiger partial charge in [0, 0.05) is 0 Å². The molecule has 88 valence electrons. The van der Waals surface area contributed by atoms with Gasteiger partial charge in [0.05, 0.1) is 6.16 Å². The molecular formula is C8H16NO5P. The smallest absolute Gasteiger partial charge is 0.325 e. The normalized spacial score (nSPS) is 27.6. The number of carboxylic acids is 1. The van der Waals surface area contributed by atoms with Crippen molar-refractivity contribution in [3.05, 3.63) is 0 Å². The number of carbonyl (C=O) groups is 1. The van der Waals surface area contributed by atoms with Crippen molar-refractivity contribution in [1.82, 2.24) is 5.32 Å². The third kappa shape index (κ3) is 4.30. The highest BCUT2D eigenvalue weighted by Gasteiger charge is 2.31. The molecule has 1 saturated heterocycles. The Balaban J connectivity index is 2.50. The van der Waals surface area contributed by atoms with Crippen LogP contribution in [0.5, 0.6) is 0 Å². The van der Waals surface area contributed by atoms with Gasteiger partial charge in [0.15, 0.2) is 0 Å². The van der Waals surface area contributed by atoms with Crippen LogP contribution in [0.25, 0.3) is 0 Å². The molecule has 0 radical (unpaired) electrons. The summed E-state index contributed by atoms with van der Waals surface area (Å²) in [5.74, 6) is -1.12. The molecule has 1 heterocycles. The van der Waals surface area contributed by atoms with Gasteiger partial charge >= 0.3 is 13.6 Å². The van der Waals surface area contributed by atoms with Gasteiger partial charge in [-0.05, 0) is 31.7 Å². The van der Waals surface area contributed by atoms with Crippen LogP contribution in [0.15, 0.2) is 0 Å². The summed E-state index contributed by atoms with van der Waals surface area (Å²) in [7, 11) is -4.01. The zero-order valence-electron chi connectivity index (χ0n) is 8.30. The Morgan fingerprint density at radius 1 is 1.47 bits per heavy atom. The molecule has 1 aliphatic rings. The number of carboxylic acid groups (broad SMARTS) is 1. The van der Waals surface area contributed by atoms with E-state index in [0.29, 0.717) is 13.0 Å². The van der Waals surface area contributed by atoms with Crippen molar-refractivity contribution in [2.45, 2.75) is 25.3 Å². The number of hydrogen-bond acceptors (Lipinski definition) is 3. The van der Waals surface area contributed by atoms with Gasteiger partial charge in [0.1, 0.15) is 6.04 Å². The van der Waals surface area contributed by atoms with E-state index < -0.39 is 19.6 Å². The van der Waals surface area contributed by atoms with Crippen molar-refractivity contribution in [3.63, 3.8) is 0 Å². The zero-order chi connectivity index (χ0) is 11.5. The molecule has 15 heavy (non-hydrogen) atoms. The summed E-state index contributed by atoms with van der Waals surface area (Å²) in [6.45, 7) is 0.656. The standard InChI is InChI=1S/C8H16NO5P/c10-8(11)7-6(2-1-4-9-7)3-5-15(12,13)14/h6-7,9H,1-5H2,(H,10,11)(H2,12,13,14)/t6-,7-/m1/s1. The molecular weight excluding hydrogens is 221 g/mol. The minimum absolute atomic E-state index is 0.177. The third-order valence-electron chi connectivity index (χ3n) is 2.64. The molecule has 0 spiro atoms. The van der Waals surface area contributed by atoms with Crippen molar-refractivity contribution in [3.8, 4) is 0 Å². The predicted molar refractivity (Wildman–Crippen MR) is 53.7 cm³/mol. The molecule has 0 amide bonds. The van der Waals surface area contributed by atoms with Crippen molar-refractivity contribution < 1.29 is 24.3 Å². The number of nitrogens with one attached hydrogen (secondary N) is 1. The second-order valence-corrected chi connectivity index (χ2v) is 5.63. The van der Waals surface area contributed by atoms with E-state index in [1.54, 1.807) is 0 Å². The van der Waals surface area contributed by atoms with Crippen molar-refractivity contribution in [2.24, 2.45) is 5.92 Å². The Morgan fingerprint density at radius 3 is 2.67 bits per heavy atom. The Hall–Kier alpha value is -0.420. The summed E-state index contributed by atoms with van der Waals surface area (Å²) in [5, 5.41) is 11.7. The summed E-state index contributed by atoms with van der Waals surface area (Å²) in [5.41, 5.74) is 0. The van der Waals surface area contributed by atoms with Gasteiger partial charge in [0.2, 0.25) is 0 Å². The molecule has 1 rings (SSSR count). The molecule has 0 aromatic heterocycles. The maximum absolute atomic E-state index is 10.8. The fraction of sp³-hybridized carbons (Fsp3) is 0.875. The number of hydrogen-bond donors (Lipinski definition) is 4. The first kappa shape index (κ1) is 12.6. The Kier molecular flexibility index (Phi) is 4.28. The second kappa shape index (κ2) is 5.07. The molecule has 4 N–H and O–H groups in total. The van der Waals surface area contributed by atoms with Crippen LogP contribution >= 0.6 is 7.60 Å². The lowest BCUT2D eigenvalue weighted by molar-refractivity contribution is -0.141. The van der Waals surface area contributed by atoms with Gasteiger partial charge in [0.25, 0.3) is 0 Å². The summed E-state index contributed by atoms with van der Waals surface area (Å²) in [6, 6.07) is -0.662. The summed E-state index contributed by atoms with van der Waals surface area (Å²) in [6.07, 6.45) is 1.59. The summed E-state index contributed by atoms with van der Waals surface area (Å²) in [4.78, 5) is 28.3. The number of rotatable bonds is 4. The van der Waals surface area contributed by atoms with E-state index in [1.807, 2.05) is 0 Å². The molecule has 2 atom stereocenters. The minimum Gasteiger partial charge on any atom is -0.480 e. The van der Waals surface area contributed by atoms with Gasteiger partial charge in [-0.2, -0.15) is 0 Å². The highest BCUT2D eigenvalue weighted by Crippen LogP contribution is 2.37. The average Bonchev–Trinajstić information content (AvgIpc) is 2.14. The quantitative estimate of drug-likeness (QED) is 0.513. The van der Waals surface area contributed by atoms with Crippen molar-refractivity contribution >= 4 is 13.6 Å². The van der Waals surface area contributed by atoms with Crippen LogP contribution < -0.4 is 5.32 Å². The monoisotopic (exact) mass is 237 g/mol. The van der Waals surface area contributed by atoms with E-state index in [1.165, 1.54) is 0 Å². The molecule has 1 fully saturated rings. The van der Waals surface area contributed by atoms with Crippen LogP contribution in [0, 0.1) is 5.92 Å². The predicted octanol–water partition coefficient (Wildman–Crippen LogP) is 0.00700. The Bertz CT molecular complexity index is 276. The fourth-order valence-corrected chi connectivity index (χ4v) is 2.56. The zero-order valence-corrected chi connectivity index (χ0v) is 9.19. The maximum Gasteiger partial charge on any atom is 0.325 e. The molecule has 0 aromatic rings. The van der Waals surface area contributed by atoms with E-state index in [2.05, 4.69) is 5.32 Å². The van der Waals surface area contributed by atoms with Gasteiger partial charge in [-0.3, -0.25) is 9.36 Å². The summed E-state index contributed by atoms with van der Waals surface area (Å²) >= 11 is 0. The topological polar surface area (TPSA) is 107 Å². The fourth-order valence-electron chi connectivity index (χ4n) is 1.89. The number of aliphatic carboxylic acids is 1. The van der Waals surface area contributed by atoms with E-state index in [9.17, 15) is 9.36 Å². The van der Waals surface area contributed by atoms with Gasteiger partial charge in [-0.15, -0.1) is 0 Å². The van der Waals surface area contributed by atoms with Crippen LogP contribution in [0.3, 0.4) is 0 Å². The van der Waals surface area contributed by atoms with Crippen LogP contribution in [-0.4, -0.2) is 39.6 Å². The third-order valence-corrected chi connectivity index (χ3v) is 3.49. The average molecular weight is 237 g/mol. The van der Waals surface area contributed by atoms with Crippen LogP contribution in [0.2, 0.25) is 0 Å². The van der Waals surface area contributed by atoms with Crippen LogP contribution in [0.4, 0.5) is 0 Å². The maximum atomic E-state index is 10.8. The highest BCUT2D eigenvalue weighted by atomic mass is 31.2. The first-order valence-corrected chi connectivity index (χ1v) is 6.70. The van der Waals surface area contributed by atoms with Gasteiger partial charge in [-0.1, -0.05) is 0 Å². The van der Waals surface area contributed by atoms with Gasteiger partial charge < -0.3 is 20.2 Å². The molecule has 6 nitrogen and oxygen atoms in total. The molecule has 0 unspecified atom stereocenters. The van der Waals surface area contributed by atoms with Crippen molar-refractivity contribution in [1.29, 1.82) is 0 Å². The van der Waals surface area contributed by atoms with Crippen molar-refractivity contribution in [2.75, 3.05) is 12.7 Å². The van der Waals surface area contributed by atoms with E-state index in [0.717, 1.165) is 6.42 Å². The molecule has 0 aromatic carbocycles. The first-order valence-electron chi connectivity index (χ1n) is 4.91. The van der Waals surface area contributed by atoms with E-state index >= 15 is 0 Å². The second-order valence-electron chi connectivity index (χ2n) is 3.85. The lowest BCUT2D eigenvalue weighted by atomic mass is 9.89. The first-order chi connectivity index (χ1) is 6.90. The molecule has 0 bridgehead atoms. The Labute approximate surface area is 87.8 Å². The SMILES string of the molecule is O=C(O)[C@@H]1NCCC[C@@H]1CCP(=O)(O)O. The lowest BCUT2D eigenvalue weighted by Crippen LogP contribution is -2.47. The molecule has 0 aliphatic carbocycles. The minimum atomic E-state index is -4.01. The van der Waals surface area contributed by atoms with E-state index in [4.69, 9.17) is 14.9 Å². The molecule has 0 saturated carbocycles. The highest BCUT2D eigenvalue weighted by molar-refractivity contribution is 7.51. The Morgan fingerprint density at radius 2 is 2.13 bits per heavy atom. The van der Waals surface area contributed by atoms with Crippen LogP contribution in [-0.2, 0) is 9.36 Å². The lowest BCUT2D eigenvalue weighted by Gasteiger charge is -2.29.